The van der Waals surface area contributed by atoms with Crippen molar-refractivity contribution in [3.63, 3.8) is 0 Å². The van der Waals surface area contributed by atoms with Crippen LogP contribution < -0.4 is 24.8 Å². The van der Waals surface area contributed by atoms with Crippen LogP contribution in [0.15, 0.2) is 40.0 Å². The molecule has 6 nitrogen and oxygen atoms in total. The molecule has 0 radical (unpaired) electrons. The van der Waals surface area contributed by atoms with E-state index in [9.17, 15) is 0 Å². The first-order chi connectivity index (χ1) is 12.3. The van der Waals surface area contributed by atoms with Gasteiger partial charge in [-0.05, 0) is 40.4 Å². The summed E-state index contributed by atoms with van der Waals surface area (Å²) in [7, 11) is 1.77. The molecule has 134 valence electrons. The fourth-order valence-electron chi connectivity index (χ4n) is 2.45. The molecule has 3 rings (SSSR count). The summed E-state index contributed by atoms with van der Waals surface area (Å²) in [5.41, 5.74) is 1.35. The third-order valence-electron chi connectivity index (χ3n) is 3.92. The Hall–Kier alpha value is -2.41. The first-order valence-electron chi connectivity index (χ1n) is 8.25. The van der Waals surface area contributed by atoms with E-state index in [-0.39, 0.29) is 6.79 Å². The number of nitrogens with zero attached hydrogens (tertiary/aromatic N) is 1. The van der Waals surface area contributed by atoms with E-state index in [1.54, 1.807) is 18.4 Å². The van der Waals surface area contributed by atoms with E-state index < -0.39 is 0 Å². The first kappa shape index (κ1) is 17.4. The van der Waals surface area contributed by atoms with Crippen molar-refractivity contribution < 1.29 is 14.2 Å². The van der Waals surface area contributed by atoms with Crippen LogP contribution in [0.1, 0.15) is 18.4 Å². The van der Waals surface area contributed by atoms with Crippen molar-refractivity contribution in [2.75, 3.05) is 33.5 Å². The van der Waals surface area contributed by atoms with E-state index in [4.69, 9.17) is 14.2 Å². The van der Waals surface area contributed by atoms with Gasteiger partial charge in [-0.15, -0.1) is 0 Å². The van der Waals surface area contributed by atoms with Crippen molar-refractivity contribution in [2.24, 2.45) is 4.99 Å². The van der Waals surface area contributed by atoms with Crippen LogP contribution in [0.3, 0.4) is 0 Å². The number of ether oxygens (including phenoxy) is 3. The summed E-state index contributed by atoms with van der Waals surface area (Å²) in [5.74, 6) is 3.46. The molecule has 7 heteroatoms. The molecule has 1 aliphatic heterocycles. The second-order valence-corrected chi connectivity index (χ2v) is 6.48. The second kappa shape index (κ2) is 8.62. The number of rotatable bonds is 7. The lowest BCUT2D eigenvalue weighted by Crippen LogP contribution is -2.40. The summed E-state index contributed by atoms with van der Waals surface area (Å²) >= 11 is 1.72. The molecule has 0 bridgehead atoms. The minimum absolute atomic E-state index is 0.270. The Morgan fingerprint density at radius 1 is 1.28 bits per heavy atom. The van der Waals surface area contributed by atoms with E-state index >= 15 is 0 Å². The minimum Gasteiger partial charge on any atom is -0.492 e. The number of fused-ring (bicyclic) bond motifs is 1. The van der Waals surface area contributed by atoms with E-state index in [1.807, 2.05) is 18.2 Å². The normalized spacial score (nSPS) is 14.2. The lowest BCUT2D eigenvalue weighted by molar-refractivity contribution is 0.173. The summed E-state index contributed by atoms with van der Waals surface area (Å²) in [6, 6.07) is 7.74. The van der Waals surface area contributed by atoms with Gasteiger partial charge in [0.2, 0.25) is 6.79 Å². The van der Waals surface area contributed by atoms with Crippen LogP contribution in [0.2, 0.25) is 0 Å². The predicted molar refractivity (Wildman–Crippen MR) is 100 cm³/mol. The Labute approximate surface area is 151 Å². The number of thiophene rings is 1. The molecular formula is C18H23N3O3S. The lowest BCUT2D eigenvalue weighted by Gasteiger charge is -2.15. The Bertz CT molecular complexity index is 704. The molecule has 2 aromatic rings. The van der Waals surface area contributed by atoms with Crippen LogP contribution in [0.5, 0.6) is 17.2 Å². The standard InChI is InChI=1S/C18H23N3O3S/c1-13(14-5-8-25-11-14)10-21-18(19-2)20-6-7-22-15-3-4-16-17(9-15)24-12-23-16/h3-5,8-9,11,13H,6-7,10,12H2,1-2H3,(H2,19,20,21). The molecular weight excluding hydrogens is 338 g/mol. The van der Waals surface area contributed by atoms with Crippen molar-refractivity contribution in [3.8, 4) is 17.2 Å². The third-order valence-corrected chi connectivity index (χ3v) is 4.62. The lowest BCUT2D eigenvalue weighted by atomic mass is 10.1. The quantitative estimate of drug-likeness (QED) is 0.451. The number of nitrogens with one attached hydrogen (secondary N) is 2. The zero-order chi connectivity index (χ0) is 17.5. The number of aliphatic imine (C=N–C) groups is 1. The Kier molecular flexibility index (Phi) is 6.00. The van der Waals surface area contributed by atoms with E-state index in [1.165, 1.54) is 5.56 Å². The Morgan fingerprint density at radius 2 is 2.16 bits per heavy atom. The molecule has 0 amide bonds. The van der Waals surface area contributed by atoms with E-state index in [0.29, 0.717) is 19.1 Å². The van der Waals surface area contributed by atoms with Gasteiger partial charge in [0.15, 0.2) is 17.5 Å². The molecule has 1 aromatic carbocycles. The van der Waals surface area contributed by atoms with Crippen molar-refractivity contribution in [1.82, 2.24) is 10.6 Å². The Balaban J connectivity index is 1.37. The summed E-state index contributed by atoms with van der Waals surface area (Å²) in [4.78, 5) is 4.24. The van der Waals surface area contributed by atoms with Crippen LogP contribution in [0.25, 0.3) is 0 Å². The van der Waals surface area contributed by atoms with Gasteiger partial charge in [-0.1, -0.05) is 6.92 Å². The highest BCUT2D eigenvalue weighted by atomic mass is 32.1. The SMILES string of the molecule is CN=C(NCCOc1ccc2c(c1)OCO2)NCC(C)c1ccsc1. The molecule has 25 heavy (non-hydrogen) atoms. The predicted octanol–water partition coefficient (Wildman–Crippen LogP) is 2.82. The van der Waals surface area contributed by atoms with Crippen molar-refractivity contribution in [2.45, 2.75) is 12.8 Å². The maximum Gasteiger partial charge on any atom is 0.231 e. The molecule has 1 atom stereocenters. The second-order valence-electron chi connectivity index (χ2n) is 5.70. The molecule has 0 saturated carbocycles. The van der Waals surface area contributed by atoms with Crippen molar-refractivity contribution in [3.05, 3.63) is 40.6 Å². The molecule has 0 spiro atoms. The highest BCUT2D eigenvalue weighted by Crippen LogP contribution is 2.34. The molecule has 1 aliphatic rings. The van der Waals surface area contributed by atoms with Crippen LogP contribution in [0.4, 0.5) is 0 Å². The molecule has 1 aromatic heterocycles. The summed E-state index contributed by atoms with van der Waals surface area (Å²) in [5, 5.41) is 10.9. The van der Waals surface area contributed by atoms with Gasteiger partial charge < -0.3 is 24.8 Å². The van der Waals surface area contributed by atoms with Gasteiger partial charge in [-0.25, -0.2) is 0 Å². The molecule has 1 unspecified atom stereocenters. The summed E-state index contributed by atoms with van der Waals surface area (Å²) < 4.78 is 16.4. The largest absolute Gasteiger partial charge is 0.492 e. The van der Waals surface area contributed by atoms with Crippen molar-refractivity contribution >= 4 is 17.3 Å². The first-order valence-corrected chi connectivity index (χ1v) is 9.19. The van der Waals surface area contributed by atoms with Gasteiger partial charge in [0.25, 0.3) is 0 Å². The fourth-order valence-corrected chi connectivity index (χ4v) is 3.23. The number of hydrogen-bond donors (Lipinski definition) is 2. The average molecular weight is 361 g/mol. The molecule has 0 fully saturated rings. The van der Waals surface area contributed by atoms with Gasteiger partial charge >= 0.3 is 0 Å². The highest BCUT2D eigenvalue weighted by Gasteiger charge is 2.13. The zero-order valence-electron chi connectivity index (χ0n) is 14.5. The minimum atomic E-state index is 0.270. The number of hydrogen-bond acceptors (Lipinski definition) is 5. The molecule has 2 heterocycles. The summed E-state index contributed by atoms with van der Waals surface area (Å²) in [6.07, 6.45) is 0. The molecule has 0 saturated heterocycles. The van der Waals surface area contributed by atoms with Crippen LogP contribution in [-0.4, -0.2) is 39.5 Å². The van der Waals surface area contributed by atoms with Crippen LogP contribution >= 0.6 is 11.3 Å². The fraction of sp³-hybridized carbons (Fsp3) is 0.389. The molecule has 0 aliphatic carbocycles. The maximum absolute atomic E-state index is 5.73. The highest BCUT2D eigenvalue weighted by molar-refractivity contribution is 7.07. The van der Waals surface area contributed by atoms with Gasteiger partial charge in [0.05, 0.1) is 6.54 Å². The molecule has 2 N–H and O–H groups in total. The average Bonchev–Trinajstić information content (AvgIpc) is 3.32. The van der Waals surface area contributed by atoms with E-state index in [2.05, 4.69) is 39.4 Å². The van der Waals surface area contributed by atoms with Gasteiger partial charge in [0.1, 0.15) is 12.4 Å². The monoisotopic (exact) mass is 361 g/mol. The third kappa shape index (κ3) is 4.79. The topological polar surface area (TPSA) is 64.1 Å². The van der Waals surface area contributed by atoms with E-state index in [0.717, 1.165) is 29.8 Å². The smallest absolute Gasteiger partial charge is 0.231 e. The Morgan fingerprint density at radius 3 is 2.96 bits per heavy atom. The van der Waals surface area contributed by atoms with Gasteiger partial charge in [-0.3, -0.25) is 4.99 Å². The summed E-state index contributed by atoms with van der Waals surface area (Å²) in [6.45, 7) is 4.48. The number of guanidine groups is 1. The van der Waals surface area contributed by atoms with Gasteiger partial charge in [0, 0.05) is 19.7 Å². The zero-order valence-corrected chi connectivity index (χ0v) is 15.3. The van der Waals surface area contributed by atoms with Crippen LogP contribution in [-0.2, 0) is 0 Å². The van der Waals surface area contributed by atoms with Gasteiger partial charge in [-0.2, -0.15) is 11.3 Å². The maximum atomic E-state index is 5.73. The van der Waals surface area contributed by atoms with Crippen LogP contribution in [0, 0.1) is 0 Å². The number of benzene rings is 1. The van der Waals surface area contributed by atoms with Crippen molar-refractivity contribution in [1.29, 1.82) is 0 Å².